The fourth-order valence-electron chi connectivity index (χ4n) is 3.16. The van der Waals surface area contributed by atoms with Crippen LogP contribution < -0.4 is 9.64 Å². The lowest BCUT2D eigenvalue weighted by Gasteiger charge is -2.27. The number of carbonyl (C=O) groups excluding carboxylic acids is 1. The van der Waals surface area contributed by atoms with Crippen LogP contribution in [0.15, 0.2) is 65.8 Å². The first kappa shape index (κ1) is 19.1. The van der Waals surface area contributed by atoms with Gasteiger partial charge < -0.3 is 4.74 Å². The predicted molar refractivity (Wildman–Crippen MR) is 115 cm³/mol. The van der Waals surface area contributed by atoms with Gasteiger partial charge >= 0.3 is 0 Å². The van der Waals surface area contributed by atoms with Gasteiger partial charge in [-0.25, -0.2) is 0 Å². The van der Waals surface area contributed by atoms with Crippen molar-refractivity contribution in [2.45, 2.75) is 25.2 Å². The van der Waals surface area contributed by atoms with E-state index in [0.717, 1.165) is 16.9 Å². The maximum absolute atomic E-state index is 12.6. The van der Waals surface area contributed by atoms with Crippen LogP contribution >= 0.6 is 11.8 Å². The molecule has 2 aromatic carbocycles. The molecule has 0 saturated carbocycles. The summed E-state index contributed by atoms with van der Waals surface area (Å²) >= 11 is 1.49. The van der Waals surface area contributed by atoms with Crippen molar-refractivity contribution < 1.29 is 9.53 Å². The van der Waals surface area contributed by atoms with Crippen molar-refractivity contribution >= 4 is 29.4 Å². The van der Waals surface area contributed by atoms with Gasteiger partial charge in [0.25, 0.3) is 0 Å². The van der Waals surface area contributed by atoms with Crippen molar-refractivity contribution in [3.05, 3.63) is 66.2 Å². The molecule has 1 atom stereocenters. The van der Waals surface area contributed by atoms with Crippen LogP contribution in [-0.2, 0) is 4.79 Å². The number of fused-ring (bicyclic) bond motifs is 3. The number of hydrogen-bond donors (Lipinski definition) is 0. The Labute approximate surface area is 173 Å². The molecule has 0 N–H and O–H groups in total. The summed E-state index contributed by atoms with van der Waals surface area (Å²) in [5, 5.41) is 9.12. The summed E-state index contributed by atoms with van der Waals surface area (Å²) in [6.07, 6.45) is 3.13. The lowest BCUT2D eigenvalue weighted by atomic mass is 10.1. The number of ether oxygens (including phenoxy) is 1. The van der Waals surface area contributed by atoms with Gasteiger partial charge in [-0.3, -0.25) is 9.69 Å². The van der Waals surface area contributed by atoms with Crippen LogP contribution in [0, 0.1) is 0 Å². The molecule has 6 nitrogen and oxygen atoms in total. The van der Waals surface area contributed by atoms with E-state index in [-0.39, 0.29) is 5.91 Å². The zero-order valence-electron chi connectivity index (χ0n) is 16.1. The normalized spacial score (nSPS) is 15.4. The van der Waals surface area contributed by atoms with Crippen molar-refractivity contribution in [2.24, 2.45) is 0 Å². The molecule has 1 aliphatic rings. The summed E-state index contributed by atoms with van der Waals surface area (Å²) in [6.45, 7) is 3.55. The van der Waals surface area contributed by atoms with E-state index in [4.69, 9.17) is 4.74 Å². The van der Waals surface area contributed by atoms with Crippen molar-refractivity contribution in [3.8, 4) is 17.1 Å². The maximum atomic E-state index is 12.6. The van der Waals surface area contributed by atoms with Gasteiger partial charge in [-0.05, 0) is 23.5 Å². The summed E-state index contributed by atoms with van der Waals surface area (Å²) < 4.78 is 6.21. The fourth-order valence-corrected chi connectivity index (χ4v) is 3.66. The topological polar surface area (TPSA) is 68.2 Å². The quantitative estimate of drug-likeness (QED) is 0.599. The molecule has 0 radical (unpaired) electrons. The van der Waals surface area contributed by atoms with Crippen molar-refractivity contribution in [1.29, 1.82) is 0 Å². The Bertz CT molecular complexity index is 1060. The molecule has 2 heterocycles. The molecule has 0 saturated heterocycles. The SMILES string of the molecule is CCSc1nnc2c(n1)OC(/C=C/c1ccccc1)N(C(C)=O)c1ccccc1-2. The van der Waals surface area contributed by atoms with Gasteiger partial charge in [-0.2, -0.15) is 4.98 Å². The van der Waals surface area contributed by atoms with E-state index < -0.39 is 6.23 Å². The highest BCUT2D eigenvalue weighted by atomic mass is 32.2. The number of benzene rings is 2. The van der Waals surface area contributed by atoms with E-state index in [9.17, 15) is 4.79 Å². The van der Waals surface area contributed by atoms with Gasteiger partial charge in [0.05, 0.1) is 5.69 Å². The lowest BCUT2D eigenvalue weighted by molar-refractivity contribution is -0.117. The predicted octanol–water partition coefficient (Wildman–Crippen LogP) is 4.44. The molecule has 1 aromatic heterocycles. The number of aromatic nitrogens is 3. The average Bonchev–Trinajstić information content (AvgIpc) is 2.87. The molecule has 146 valence electrons. The Morgan fingerprint density at radius 1 is 1.14 bits per heavy atom. The largest absolute Gasteiger partial charge is 0.448 e. The van der Waals surface area contributed by atoms with E-state index >= 15 is 0 Å². The van der Waals surface area contributed by atoms with E-state index in [1.165, 1.54) is 18.7 Å². The Balaban J connectivity index is 1.84. The molecule has 29 heavy (non-hydrogen) atoms. The van der Waals surface area contributed by atoms with Gasteiger partial charge in [0.2, 0.25) is 16.9 Å². The minimum Gasteiger partial charge on any atom is -0.448 e. The summed E-state index contributed by atoms with van der Waals surface area (Å²) in [6, 6.07) is 17.5. The molecule has 0 bridgehead atoms. The highest BCUT2D eigenvalue weighted by molar-refractivity contribution is 7.99. The fraction of sp³-hybridized carbons (Fsp3) is 0.182. The highest BCUT2D eigenvalue weighted by Gasteiger charge is 2.32. The first-order chi connectivity index (χ1) is 14.2. The van der Waals surface area contributed by atoms with Crippen LogP contribution in [0.4, 0.5) is 5.69 Å². The minimum absolute atomic E-state index is 0.135. The molecule has 0 aliphatic carbocycles. The number of amides is 1. The zero-order chi connectivity index (χ0) is 20.2. The number of nitrogens with zero attached hydrogens (tertiary/aromatic N) is 4. The molecule has 4 rings (SSSR count). The van der Waals surface area contributed by atoms with Crippen LogP contribution in [0.2, 0.25) is 0 Å². The second-order valence-corrected chi connectivity index (χ2v) is 7.60. The molecular weight excluding hydrogens is 384 g/mol. The summed E-state index contributed by atoms with van der Waals surface area (Å²) in [7, 11) is 0. The molecule has 7 heteroatoms. The molecule has 0 fully saturated rings. The molecule has 1 aliphatic heterocycles. The molecule has 0 spiro atoms. The van der Waals surface area contributed by atoms with Crippen LogP contribution in [0.5, 0.6) is 5.88 Å². The number of para-hydroxylation sites is 1. The van der Waals surface area contributed by atoms with Crippen molar-refractivity contribution in [2.75, 3.05) is 10.7 Å². The number of hydrogen-bond acceptors (Lipinski definition) is 6. The number of rotatable bonds is 4. The van der Waals surface area contributed by atoms with Crippen LogP contribution in [0.25, 0.3) is 17.3 Å². The monoisotopic (exact) mass is 404 g/mol. The van der Waals surface area contributed by atoms with Crippen molar-refractivity contribution in [3.63, 3.8) is 0 Å². The third-order valence-corrected chi connectivity index (χ3v) is 5.13. The van der Waals surface area contributed by atoms with E-state index in [1.807, 2.05) is 73.7 Å². The van der Waals surface area contributed by atoms with Crippen LogP contribution in [0.1, 0.15) is 19.4 Å². The standard InChI is InChI=1S/C22H20N4O2S/c1-3-29-22-23-21-20(24-25-22)17-11-7-8-12-18(17)26(15(2)27)19(28-21)14-13-16-9-5-4-6-10-16/h4-14,19H,3H2,1-2H3/b14-13+. The summed E-state index contributed by atoms with van der Waals surface area (Å²) in [5.74, 6) is 1.06. The first-order valence-electron chi connectivity index (χ1n) is 9.34. The average molecular weight is 404 g/mol. The first-order valence-corrected chi connectivity index (χ1v) is 10.3. The lowest BCUT2D eigenvalue weighted by Crippen LogP contribution is -2.41. The third-order valence-electron chi connectivity index (χ3n) is 4.41. The van der Waals surface area contributed by atoms with Gasteiger partial charge in [-0.1, -0.05) is 73.3 Å². The van der Waals surface area contributed by atoms with Crippen molar-refractivity contribution in [1.82, 2.24) is 15.2 Å². The molecular formula is C22H20N4O2S. The number of carbonyl (C=O) groups is 1. The van der Waals surface area contributed by atoms with Gasteiger partial charge in [0.15, 0.2) is 11.9 Å². The van der Waals surface area contributed by atoms with Gasteiger partial charge in [0.1, 0.15) is 0 Å². The van der Waals surface area contributed by atoms with Gasteiger partial charge in [-0.15, -0.1) is 10.2 Å². The second-order valence-electron chi connectivity index (χ2n) is 6.37. The molecule has 1 unspecified atom stereocenters. The summed E-state index contributed by atoms with van der Waals surface area (Å²) in [4.78, 5) is 18.8. The Kier molecular flexibility index (Phi) is 5.57. The Morgan fingerprint density at radius 3 is 2.66 bits per heavy atom. The zero-order valence-corrected chi connectivity index (χ0v) is 17.0. The van der Waals surface area contributed by atoms with E-state index in [0.29, 0.717) is 22.4 Å². The van der Waals surface area contributed by atoms with E-state index in [2.05, 4.69) is 15.2 Å². The maximum Gasteiger partial charge on any atom is 0.247 e. The minimum atomic E-state index is -0.661. The van der Waals surface area contributed by atoms with E-state index in [1.54, 1.807) is 4.90 Å². The number of anilines is 1. The Hall–Kier alpha value is -3.19. The Morgan fingerprint density at radius 2 is 1.90 bits per heavy atom. The van der Waals surface area contributed by atoms with Gasteiger partial charge in [0, 0.05) is 12.5 Å². The summed E-state index contributed by atoms with van der Waals surface area (Å²) in [5.41, 5.74) is 3.03. The molecule has 1 amide bonds. The van der Waals surface area contributed by atoms with Crippen LogP contribution in [-0.4, -0.2) is 33.1 Å². The number of thioether (sulfide) groups is 1. The smallest absolute Gasteiger partial charge is 0.247 e. The second kappa shape index (κ2) is 8.45. The van der Waals surface area contributed by atoms with Crippen LogP contribution in [0.3, 0.4) is 0 Å². The third kappa shape index (κ3) is 4.00. The molecule has 3 aromatic rings. The highest BCUT2D eigenvalue weighted by Crippen LogP contribution is 2.39.